The van der Waals surface area contributed by atoms with Crippen molar-refractivity contribution in [3.8, 4) is 0 Å². The van der Waals surface area contributed by atoms with Crippen LogP contribution >= 0.6 is 0 Å². The summed E-state index contributed by atoms with van der Waals surface area (Å²) in [5.41, 5.74) is 13.8. The van der Waals surface area contributed by atoms with Crippen LogP contribution in [0, 0.1) is 46.3 Å². The Morgan fingerprint density at radius 1 is 0.932 bits per heavy atom. The van der Waals surface area contributed by atoms with Crippen molar-refractivity contribution in [2.45, 2.75) is 137 Å². The van der Waals surface area contributed by atoms with E-state index in [9.17, 15) is 4.79 Å². The molecular weight excluding hydrogens is 544 g/mol. The first-order chi connectivity index (χ1) is 21.1. The average molecular weight is 615 g/mol. The Morgan fingerprint density at radius 3 is 2.43 bits per heavy atom. The Labute approximate surface area is 271 Å². The molecule has 3 saturated carbocycles. The van der Waals surface area contributed by atoms with E-state index in [0.717, 1.165) is 107 Å². The number of fused-ring (bicyclic) bond motifs is 5. The number of nitrogens with zero attached hydrogens (tertiary/aromatic N) is 1. The van der Waals surface area contributed by atoms with Crippen LogP contribution in [0.1, 0.15) is 131 Å². The third-order valence-electron chi connectivity index (χ3n) is 13.0. The fourth-order valence-corrected chi connectivity index (χ4v) is 10.5. The van der Waals surface area contributed by atoms with Crippen LogP contribution in [0.3, 0.4) is 0 Å². The highest BCUT2D eigenvalue weighted by atomic mass is 16.6. The van der Waals surface area contributed by atoms with Gasteiger partial charge in [-0.2, -0.15) is 0 Å². The summed E-state index contributed by atoms with van der Waals surface area (Å²) in [6.07, 6.45) is 20.6. The lowest BCUT2D eigenvalue weighted by Crippen LogP contribution is -2.51. The lowest BCUT2D eigenvalue weighted by atomic mass is 9.47. The van der Waals surface area contributed by atoms with Crippen molar-refractivity contribution >= 4 is 6.09 Å². The third-order valence-corrected chi connectivity index (χ3v) is 13.0. The van der Waals surface area contributed by atoms with Gasteiger partial charge in [0.25, 0.3) is 0 Å². The van der Waals surface area contributed by atoms with Crippen molar-refractivity contribution in [3.05, 3.63) is 11.6 Å². The molecule has 0 bridgehead atoms. The molecule has 3 fully saturated rings. The fraction of sp³-hybridized carbons (Fsp3) is 0.921. The molecule has 4 rings (SSSR count). The zero-order chi connectivity index (χ0) is 31.7. The molecule has 0 aromatic rings. The molecule has 4 unspecified atom stereocenters. The molecule has 44 heavy (non-hydrogen) atoms. The van der Waals surface area contributed by atoms with Gasteiger partial charge in [0, 0.05) is 19.5 Å². The van der Waals surface area contributed by atoms with Crippen LogP contribution in [0.5, 0.6) is 0 Å². The molecule has 0 aromatic carbocycles. The summed E-state index contributed by atoms with van der Waals surface area (Å²) in [6.45, 7) is 17.3. The smallest absolute Gasteiger partial charge is 0.410 e. The van der Waals surface area contributed by atoms with Gasteiger partial charge in [-0.05, 0) is 143 Å². The van der Waals surface area contributed by atoms with Gasteiger partial charge in [-0.1, -0.05) is 65.5 Å². The van der Waals surface area contributed by atoms with Gasteiger partial charge in [-0.3, -0.25) is 0 Å². The minimum absolute atomic E-state index is 0.00749. The van der Waals surface area contributed by atoms with Crippen LogP contribution in [0.15, 0.2) is 11.6 Å². The standard InChI is InChI=1S/C38H70N4O2/c1-28(2)11-8-12-29(3)33-15-16-34-32-14-13-30-27-31(17-19-37(30,4)35(32)18-20-38(33,34)5)44-36(43)42(26-10-22-40)25-7-6-23-41-24-9-21-39/h13,28-29,31-35,41H,6-12,14-27,39-40H2,1-5H3/t29-,31?,32?,33-,34+,35+,37?,38?/m1/s1. The van der Waals surface area contributed by atoms with Gasteiger partial charge in [-0.15, -0.1) is 0 Å². The number of hydrogen-bond acceptors (Lipinski definition) is 5. The molecule has 0 aromatic heterocycles. The highest BCUT2D eigenvalue weighted by Crippen LogP contribution is 2.67. The zero-order valence-corrected chi connectivity index (χ0v) is 29.4. The van der Waals surface area contributed by atoms with E-state index in [1.807, 2.05) is 4.90 Å². The maximum atomic E-state index is 13.3. The number of carbonyl (C=O) groups is 1. The second kappa shape index (κ2) is 16.6. The number of nitrogens with two attached hydrogens (primary N) is 2. The van der Waals surface area contributed by atoms with E-state index in [2.05, 4.69) is 46.0 Å². The van der Waals surface area contributed by atoms with Gasteiger partial charge in [0.1, 0.15) is 6.10 Å². The van der Waals surface area contributed by atoms with Crippen LogP contribution in [0.25, 0.3) is 0 Å². The molecule has 4 aliphatic rings. The first-order valence-corrected chi connectivity index (χ1v) is 18.9. The minimum Gasteiger partial charge on any atom is -0.446 e. The highest BCUT2D eigenvalue weighted by molar-refractivity contribution is 5.67. The van der Waals surface area contributed by atoms with E-state index in [-0.39, 0.29) is 17.6 Å². The Kier molecular flexibility index (Phi) is 13.5. The van der Waals surface area contributed by atoms with Gasteiger partial charge in [0.2, 0.25) is 0 Å². The van der Waals surface area contributed by atoms with E-state index in [1.165, 1.54) is 51.4 Å². The maximum Gasteiger partial charge on any atom is 0.410 e. The van der Waals surface area contributed by atoms with Gasteiger partial charge >= 0.3 is 6.09 Å². The minimum atomic E-state index is -0.134. The molecule has 0 spiro atoms. The van der Waals surface area contributed by atoms with Gasteiger partial charge in [0.15, 0.2) is 0 Å². The summed E-state index contributed by atoms with van der Waals surface area (Å²) in [5, 5.41) is 3.44. The molecule has 0 aliphatic heterocycles. The normalized spacial score (nSPS) is 33.7. The topological polar surface area (TPSA) is 93.6 Å². The summed E-state index contributed by atoms with van der Waals surface area (Å²) in [6, 6.07) is 0. The number of ether oxygens (including phenoxy) is 1. The molecule has 0 heterocycles. The monoisotopic (exact) mass is 615 g/mol. The SMILES string of the molecule is CC(C)CCC[C@@H](C)[C@H]1CC[C@H]2C3CC=C4CC(OC(=O)N(CCCN)CCCCNCCCN)CCC4(C)[C@H]3CCC12C. The van der Waals surface area contributed by atoms with Crippen molar-refractivity contribution in [1.82, 2.24) is 10.2 Å². The largest absolute Gasteiger partial charge is 0.446 e. The summed E-state index contributed by atoms with van der Waals surface area (Å²) >= 11 is 0. The molecule has 0 saturated heterocycles. The molecule has 6 nitrogen and oxygen atoms in total. The van der Waals surface area contributed by atoms with Crippen molar-refractivity contribution in [1.29, 1.82) is 0 Å². The van der Waals surface area contributed by atoms with Crippen LogP contribution in [-0.2, 0) is 4.74 Å². The highest BCUT2D eigenvalue weighted by Gasteiger charge is 2.59. The number of amides is 1. The van der Waals surface area contributed by atoms with Crippen molar-refractivity contribution in [2.75, 3.05) is 39.3 Å². The van der Waals surface area contributed by atoms with Crippen molar-refractivity contribution < 1.29 is 9.53 Å². The Bertz CT molecular complexity index is 923. The predicted octanol–water partition coefficient (Wildman–Crippen LogP) is 7.90. The molecule has 4 aliphatic carbocycles. The summed E-state index contributed by atoms with van der Waals surface area (Å²) < 4.78 is 6.24. The van der Waals surface area contributed by atoms with Crippen LogP contribution in [0.4, 0.5) is 4.79 Å². The molecule has 6 heteroatoms. The van der Waals surface area contributed by atoms with Gasteiger partial charge in [0.05, 0.1) is 0 Å². The number of hydrogen-bond donors (Lipinski definition) is 3. The fourth-order valence-electron chi connectivity index (χ4n) is 10.5. The second-order valence-corrected chi connectivity index (χ2v) is 16.3. The van der Waals surface area contributed by atoms with E-state index in [0.29, 0.717) is 18.5 Å². The molecule has 0 radical (unpaired) electrons. The van der Waals surface area contributed by atoms with Crippen LogP contribution in [0.2, 0.25) is 0 Å². The van der Waals surface area contributed by atoms with E-state index in [4.69, 9.17) is 16.2 Å². The van der Waals surface area contributed by atoms with Gasteiger partial charge in [-0.25, -0.2) is 4.79 Å². The van der Waals surface area contributed by atoms with E-state index < -0.39 is 0 Å². The van der Waals surface area contributed by atoms with Crippen molar-refractivity contribution in [3.63, 3.8) is 0 Å². The number of allylic oxidation sites excluding steroid dienone is 1. The maximum absolute atomic E-state index is 13.3. The summed E-state index contributed by atoms with van der Waals surface area (Å²) in [5.74, 6) is 5.11. The van der Waals surface area contributed by atoms with E-state index >= 15 is 0 Å². The second-order valence-electron chi connectivity index (χ2n) is 16.3. The molecule has 1 amide bonds. The first-order valence-electron chi connectivity index (χ1n) is 18.9. The molecule has 5 N–H and O–H groups in total. The summed E-state index contributed by atoms with van der Waals surface area (Å²) in [7, 11) is 0. The van der Waals surface area contributed by atoms with Crippen molar-refractivity contribution in [2.24, 2.45) is 57.8 Å². The Morgan fingerprint density at radius 2 is 1.68 bits per heavy atom. The number of rotatable bonds is 17. The molecule has 8 atom stereocenters. The first kappa shape index (κ1) is 35.7. The quantitative estimate of drug-likeness (QED) is 0.114. The Balaban J connectivity index is 1.32. The van der Waals surface area contributed by atoms with Crippen LogP contribution in [-0.4, -0.2) is 56.4 Å². The third kappa shape index (κ3) is 8.42. The Hall–Kier alpha value is -1.11. The lowest BCUT2D eigenvalue weighted by molar-refractivity contribution is -0.0593. The zero-order valence-electron chi connectivity index (χ0n) is 29.4. The predicted molar refractivity (Wildman–Crippen MR) is 184 cm³/mol. The van der Waals surface area contributed by atoms with Gasteiger partial charge < -0.3 is 26.4 Å². The lowest BCUT2D eigenvalue weighted by Gasteiger charge is -2.58. The number of unbranched alkanes of at least 4 members (excludes halogenated alkanes) is 1. The average Bonchev–Trinajstić information content (AvgIpc) is 3.35. The van der Waals surface area contributed by atoms with Crippen LogP contribution < -0.4 is 16.8 Å². The number of carbonyl (C=O) groups excluding carboxylic acids is 1. The number of nitrogens with one attached hydrogen (secondary N) is 1. The molecular formula is C38H70N4O2. The summed E-state index contributed by atoms with van der Waals surface area (Å²) in [4.78, 5) is 15.3. The van der Waals surface area contributed by atoms with E-state index in [1.54, 1.807) is 5.57 Å². The molecule has 254 valence electrons.